The second-order valence-electron chi connectivity index (χ2n) is 8.98. The van der Waals surface area contributed by atoms with E-state index in [0.717, 1.165) is 36.3 Å². The van der Waals surface area contributed by atoms with E-state index in [9.17, 15) is 9.59 Å². The van der Waals surface area contributed by atoms with E-state index in [4.69, 9.17) is 4.74 Å². The van der Waals surface area contributed by atoms with Crippen molar-refractivity contribution in [2.45, 2.75) is 45.6 Å². The van der Waals surface area contributed by atoms with E-state index in [1.165, 1.54) is 25.3 Å². The highest BCUT2D eigenvalue weighted by Gasteiger charge is 2.12. The third-order valence-corrected chi connectivity index (χ3v) is 6.09. The van der Waals surface area contributed by atoms with Gasteiger partial charge in [-0.25, -0.2) is 0 Å². The normalized spacial score (nSPS) is 12.9. The Morgan fingerprint density at radius 3 is 2.44 bits per heavy atom. The van der Waals surface area contributed by atoms with Crippen molar-refractivity contribution in [2.75, 3.05) is 17.2 Å². The first-order valence-corrected chi connectivity index (χ1v) is 12.5. The number of allylic oxidation sites excluding steroid dienone is 1. The Hall–Kier alpha value is -4.06. The fourth-order valence-corrected chi connectivity index (χ4v) is 4.19. The Morgan fingerprint density at radius 1 is 0.917 bits per heavy atom. The summed E-state index contributed by atoms with van der Waals surface area (Å²) in [6.07, 6.45) is 7.94. The summed E-state index contributed by atoms with van der Waals surface area (Å²) >= 11 is 0. The molecule has 4 rings (SSSR count). The molecule has 0 atom stereocenters. The van der Waals surface area contributed by atoms with Gasteiger partial charge < -0.3 is 20.7 Å². The first-order valence-electron chi connectivity index (χ1n) is 12.5. The number of carbonyl (C=O) groups is 2. The van der Waals surface area contributed by atoms with Crippen molar-refractivity contribution in [1.82, 2.24) is 5.32 Å². The predicted molar refractivity (Wildman–Crippen MR) is 145 cm³/mol. The van der Waals surface area contributed by atoms with Gasteiger partial charge in [-0.05, 0) is 80.1 Å². The zero-order valence-electron chi connectivity index (χ0n) is 20.7. The SMILES string of the molecule is CC(=O)Nc1cc(C(=O)NCCC2=CCCCC2)ccc1Nc1ccc(OCc2ccccc2)cc1. The van der Waals surface area contributed by atoms with Crippen molar-refractivity contribution < 1.29 is 14.3 Å². The minimum atomic E-state index is -0.204. The maximum atomic E-state index is 12.7. The van der Waals surface area contributed by atoms with Crippen LogP contribution in [0.2, 0.25) is 0 Å². The number of anilines is 3. The number of benzene rings is 3. The molecule has 1 aliphatic carbocycles. The van der Waals surface area contributed by atoms with Crippen LogP contribution in [0.15, 0.2) is 84.4 Å². The number of nitrogens with one attached hydrogen (secondary N) is 3. The van der Waals surface area contributed by atoms with Crippen LogP contribution in [0.3, 0.4) is 0 Å². The minimum Gasteiger partial charge on any atom is -0.489 e. The van der Waals surface area contributed by atoms with Gasteiger partial charge in [-0.2, -0.15) is 0 Å². The van der Waals surface area contributed by atoms with Crippen LogP contribution in [0.5, 0.6) is 5.75 Å². The number of amides is 2. The van der Waals surface area contributed by atoms with E-state index in [1.807, 2.05) is 60.7 Å². The fourth-order valence-electron chi connectivity index (χ4n) is 4.19. The number of rotatable bonds is 10. The lowest BCUT2D eigenvalue weighted by molar-refractivity contribution is -0.114. The van der Waals surface area contributed by atoms with Crippen molar-refractivity contribution in [3.05, 3.63) is 95.6 Å². The molecule has 2 amide bonds. The Bertz CT molecular complexity index is 1200. The third-order valence-electron chi connectivity index (χ3n) is 6.09. The summed E-state index contributed by atoms with van der Waals surface area (Å²) in [6.45, 7) is 2.56. The molecule has 36 heavy (non-hydrogen) atoms. The molecular formula is C30H33N3O3. The van der Waals surface area contributed by atoms with Crippen LogP contribution in [0.25, 0.3) is 0 Å². The zero-order chi connectivity index (χ0) is 25.2. The molecule has 0 aliphatic heterocycles. The van der Waals surface area contributed by atoms with E-state index in [-0.39, 0.29) is 11.8 Å². The standard InChI is InChI=1S/C30H33N3O3/c1-22(34)32-29-20-25(30(35)31-19-18-23-8-4-2-5-9-23)12-17-28(29)33-26-13-15-27(16-14-26)36-21-24-10-6-3-7-11-24/h3,6-8,10-17,20,33H,2,4-5,9,18-19,21H2,1H3,(H,31,35)(H,32,34). The van der Waals surface area contributed by atoms with Crippen LogP contribution in [0.4, 0.5) is 17.1 Å². The smallest absolute Gasteiger partial charge is 0.251 e. The summed E-state index contributed by atoms with van der Waals surface area (Å²) in [5.74, 6) is 0.413. The first-order chi connectivity index (χ1) is 17.6. The second kappa shape index (κ2) is 12.6. The molecule has 0 fully saturated rings. The zero-order valence-corrected chi connectivity index (χ0v) is 20.7. The largest absolute Gasteiger partial charge is 0.489 e. The molecule has 3 aromatic rings. The van der Waals surface area contributed by atoms with Gasteiger partial charge in [-0.1, -0.05) is 42.0 Å². The first kappa shape index (κ1) is 25.0. The van der Waals surface area contributed by atoms with E-state index < -0.39 is 0 Å². The van der Waals surface area contributed by atoms with Crippen LogP contribution < -0.4 is 20.7 Å². The van der Waals surface area contributed by atoms with Crippen LogP contribution in [-0.4, -0.2) is 18.4 Å². The molecule has 0 aromatic heterocycles. The number of ether oxygens (including phenoxy) is 1. The molecule has 186 valence electrons. The molecule has 6 heteroatoms. The lowest BCUT2D eigenvalue weighted by Crippen LogP contribution is -2.25. The van der Waals surface area contributed by atoms with Crippen LogP contribution >= 0.6 is 0 Å². The van der Waals surface area contributed by atoms with Crippen molar-refractivity contribution in [1.29, 1.82) is 0 Å². The number of carbonyl (C=O) groups excluding carboxylic acids is 2. The molecule has 0 saturated heterocycles. The maximum absolute atomic E-state index is 12.7. The number of hydrogen-bond donors (Lipinski definition) is 3. The summed E-state index contributed by atoms with van der Waals surface area (Å²) in [6, 6.07) is 22.9. The monoisotopic (exact) mass is 483 g/mol. The molecule has 0 radical (unpaired) electrons. The second-order valence-corrected chi connectivity index (χ2v) is 8.98. The maximum Gasteiger partial charge on any atom is 0.251 e. The predicted octanol–water partition coefficient (Wildman–Crippen LogP) is 6.59. The Morgan fingerprint density at radius 2 is 1.72 bits per heavy atom. The van der Waals surface area contributed by atoms with Gasteiger partial charge in [-0.3, -0.25) is 9.59 Å². The average Bonchev–Trinajstić information content (AvgIpc) is 2.90. The van der Waals surface area contributed by atoms with Crippen LogP contribution in [0, 0.1) is 0 Å². The van der Waals surface area contributed by atoms with Crippen molar-refractivity contribution in [3.8, 4) is 5.75 Å². The molecule has 0 bridgehead atoms. The third kappa shape index (κ3) is 7.47. The highest BCUT2D eigenvalue weighted by atomic mass is 16.5. The van der Waals surface area contributed by atoms with Gasteiger partial charge in [-0.15, -0.1) is 0 Å². The molecule has 3 N–H and O–H groups in total. The van der Waals surface area contributed by atoms with E-state index in [1.54, 1.807) is 12.1 Å². The highest BCUT2D eigenvalue weighted by Crippen LogP contribution is 2.28. The molecular weight excluding hydrogens is 450 g/mol. The highest BCUT2D eigenvalue weighted by molar-refractivity contribution is 5.99. The lowest BCUT2D eigenvalue weighted by atomic mass is 9.97. The Labute approximate surface area is 212 Å². The van der Waals surface area contributed by atoms with Gasteiger partial charge in [0.2, 0.25) is 5.91 Å². The van der Waals surface area contributed by atoms with E-state index >= 15 is 0 Å². The van der Waals surface area contributed by atoms with Gasteiger partial charge >= 0.3 is 0 Å². The summed E-state index contributed by atoms with van der Waals surface area (Å²) in [5, 5.41) is 9.15. The topological polar surface area (TPSA) is 79.5 Å². The summed E-state index contributed by atoms with van der Waals surface area (Å²) in [7, 11) is 0. The molecule has 0 heterocycles. The molecule has 1 aliphatic rings. The summed E-state index contributed by atoms with van der Waals surface area (Å²) in [5.41, 5.74) is 5.13. The Kier molecular flexibility index (Phi) is 8.76. The van der Waals surface area contributed by atoms with Gasteiger partial charge in [0.1, 0.15) is 12.4 Å². The summed E-state index contributed by atoms with van der Waals surface area (Å²) in [4.78, 5) is 24.5. The molecule has 0 saturated carbocycles. The molecule has 0 unspecified atom stereocenters. The molecule has 0 spiro atoms. The lowest BCUT2D eigenvalue weighted by Gasteiger charge is -2.15. The van der Waals surface area contributed by atoms with Crippen molar-refractivity contribution in [3.63, 3.8) is 0 Å². The van der Waals surface area contributed by atoms with Gasteiger partial charge in [0.25, 0.3) is 5.91 Å². The minimum absolute atomic E-state index is 0.149. The molecule has 3 aromatic carbocycles. The van der Waals surface area contributed by atoms with Crippen LogP contribution in [-0.2, 0) is 11.4 Å². The quantitative estimate of drug-likeness (QED) is 0.284. The average molecular weight is 484 g/mol. The fraction of sp³-hybridized carbons (Fsp3) is 0.267. The van der Waals surface area contributed by atoms with Gasteiger partial charge in [0, 0.05) is 24.7 Å². The van der Waals surface area contributed by atoms with Crippen molar-refractivity contribution in [2.24, 2.45) is 0 Å². The van der Waals surface area contributed by atoms with E-state index in [0.29, 0.717) is 30.1 Å². The van der Waals surface area contributed by atoms with Gasteiger partial charge in [0.15, 0.2) is 0 Å². The Balaban J connectivity index is 1.37. The van der Waals surface area contributed by atoms with Crippen molar-refractivity contribution >= 4 is 28.9 Å². The molecule has 6 nitrogen and oxygen atoms in total. The number of hydrogen-bond acceptors (Lipinski definition) is 4. The van der Waals surface area contributed by atoms with Gasteiger partial charge in [0.05, 0.1) is 11.4 Å². The van der Waals surface area contributed by atoms with Crippen LogP contribution in [0.1, 0.15) is 54.9 Å². The van der Waals surface area contributed by atoms with E-state index in [2.05, 4.69) is 22.0 Å². The summed E-state index contributed by atoms with van der Waals surface area (Å²) < 4.78 is 5.85.